The van der Waals surface area contributed by atoms with Crippen molar-refractivity contribution in [3.63, 3.8) is 0 Å². The van der Waals surface area contributed by atoms with Gasteiger partial charge in [-0.3, -0.25) is 14.2 Å². The Morgan fingerprint density at radius 3 is 2.41 bits per heavy atom. The van der Waals surface area contributed by atoms with Gasteiger partial charge in [0.05, 0.1) is 18.9 Å². The topological polar surface area (TPSA) is 87.7 Å². The van der Waals surface area contributed by atoms with Crippen molar-refractivity contribution < 1.29 is 9.53 Å². The van der Waals surface area contributed by atoms with Gasteiger partial charge in [-0.05, 0) is 17.5 Å². The lowest BCUT2D eigenvalue weighted by Gasteiger charge is -2.08. The Hall–Kier alpha value is -3.65. The Morgan fingerprint density at radius 1 is 0.969 bits per heavy atom. The number of ketones is 1. The molecule has 3 heterocycles. The molecule has 3 aromatic heterocycles. The van der Waals surface area contributed by atoms with Crippen molar-refractivity contribution in [2.75, 3.05) is 13.7 Å². The standard InChI is InChI=1S/C24H26N6O2/c1-17(16-32-3)7-23(31)15-30-14-22(12-28-30)20-9-25-24(26-10-20)19-6-4-5-18(8-19)21-11-27-29(2)13-21/h4-6,8-14,17H,7,15-16H2,1-3H3. The summed E-state index contributed by atoms with van der Waals surface area (Å²) >= 11 is 0. The summed E-state index contributed by atoms with van der Waals surface area (Å²) in [7, 11) is 3.54. The molecule has 0 saturated heterocycles. The van der Waals surface area contributed by atoms with Crippen LogP contribution in [0.5, 0.6) is 0 Å². The highest BCUT2D eigenvalue weighted by Gasteiger charge is 2.12. The van der Waals surface area contributed by atoms with E-state index in [9.17, 15) is 4.79 Å². The first-order chi connectivity index (χ1) is 15.5. The van der Waals surface area contributed by atoms with E-state index in [-0.39, 0.29) is 18.2 Å². The number of rotatable bonds is 9. The van der Waals surface area contributed by atoms with Gasteiger partial charge in [-0.2, -0.15) is 10.2 Å². The number of hydrogen-bond acceptors (Lipinski definition) is 6. The molecule has 0 radical (unpaired) electrons. The fourth-order valence-electron chi connectivity index (χ4n) is 3.61. The lowest BCUT2D eigenvalue weighted by Crippen LogP contribution is -2.16. The molecule has 0 aliphatic carbocycles. The SMILES string of the molecule is COCC(C)CC(=O)Cn1cc(-c2cnc(-c3cccc(-c4cnn(C)c4)c3)nc2)cn1. The Balaban J connectivity index is 1.45. The molecule has 32 heavy (non-hydrogen) atoms. The summed E-state index contributed by atoms with van der Waals surface area (Å²) < 4.78 is 8.53. The number of benzene rings is 1. The average Bonchev–Trinajstić information content (AvgIpc) is 3.43. The van der Waals surface area contributed by atoms with Crippen molar-refractivity contribution in [3.05, 3.63) is 61.4 Å². The smallest absolute Gasteiger partial charge is 0.159 e. The third-order valence-corrected chi connectivity index (χ3v) is 5.14. The van der Waals surface area contributed by atoms with Crippen molar-refractivity contribution in [1.82, 2.24) is 29.5 Å². The quantitative estimate of drug-likeness (QED) is 0.403. The van der Waals surface area contributed by atoms with Crippen LogP contribution in [0.2, 0.25) is 0 Å². The number of aromatic nitrogens is 6. The maximum Gasteiger partial charge on any atom is 0.159 e. The van der Waals surface area contributed by atoms with Crippen molar-refractivity contribution >= 4 is 5.78 Å². The Bertz CT molecular complexity index is 1200. The van der Waals surface area contributed by atoms with Gasteiger partial charge < -0.3 is 4.74 Å². The first kappa shape index (κ1) is 21.6. The molecule has 0 aliphatic rings. The normalized spacial score (nSPS) is 12.1. The second kappa shape index (κ2) is 9.65. The highest BCUT2D eigenvalue weighted by molar-refractivity contribution is 5.78. The van der Waals surface area contributed by atoms with Gasteiger partial charge in [-0.1, -0.05) is 25.1 Å². The van der Waals surface area contributed by atoms with Crippen molar-refractivity contribution in [1.29, 1.82) is 0 Å². The molecule has 0 N–H and O–H groups in total. The number of hydrogen-bond donors (Lipinski definition) is 0. The minimum Gasteiger partial charge on any atom is -0.384 e. The maximum absolute atomic E-state index is 12.2. The van der Waals surface area contributed by atoms with Crippen LogP contribution in [0.4, 0.5) is 0 Å². The van der Waals surface area contributed by atoms with E-state index >= 15 is 0 Å². The van der Waals surface area contributed by atoms with Gasteiger partial charge in [0.15, 0.2) is 11.6 Å². The van der Waals surface area contributed by atoms with Crippen LogP contribution < -0.4 is 0 Å². The fraction of sp³-hybridized carbons (Fsp3) is 0.292. The summed E-state index contributed by atoms with van der Waals surface area (Å²) in [4.78, 5) is 21.3. The van der Waals surface area contributed by atoms with Crippen LogP contribution in [0.25, 0.3) is 33.6 Å². The molecule has 0 amide bonds. The van der Waals surface area contributed by atoms with E-state index in [0.29, 0.717) is 18.9 Å². The van der Waals surface area contributed by atoms with Gasteiger partial charge in [-0.25, -0.2) is 9.97 Å². The first-order valence-electron chi connectivity index (χ1n) is 10.5. The largest absolute Gasteiger partial charge is 0.384 e. The summed E-state index contributed by atoms with van der Waals surface area (Å²) in [5.41, 5.74) is 4.77. The molecule has 0 spiro atoms. The molecule has 8 nitrogen and oxygen atoms in total. The van der Waals surface area contributed by atoms with Gasteiger partial charge in [0.2, 0.25) is 0 Å². The second-order valence-corrected chi connectivity index (χ2v) is 8.01. The summed E-state index contributed by atoms with van der Waals surface area (Å²) in [6, 6.07) is 8.08. The zero-order valence-electron chi connectivity index (χ0n) is 18.5. The minimum atomic E-state index is 0.129. The summed E-state index contributed by atoms with van der Waals surface area (Å²) in [6.07, 6.45) is 11.4. The highest BCUT2D eigenvalue weighted by atomic mass is 16.5. The number of methoxy groups -OCH3 is 1. The zero-order valence-corrected chi connectivity index (χ0v) is 18.5. The zero-order chi connectivity index (χ0) is 22.5. The monoisotopic (exact) mass is 430 g/mol. The number of carbonyl (C=O) groups excluding carboxylic acids is 1. The third-order valence-electron chi connectivity index (χ3n) is 5.14. The van der Waals surface area contributed by atoms with Gasteiger partial charge in [-0.15, -0.1) is 0 Å². The van der Waals surface area contributed by atoms with Gasteiger partial charge in [0.1, 0.15) is 0 Å². The Kier molecular flexibility index (Phi) is 6.51. The molecule has 164 valence electrons. The molecule has 0 aliphatic heterocycles. The predicted octanol–water partition coefficient (Wildman–Crippen LogP) is 3.65. The van der Waals surface area contributed by atoms with E-state index in [1.807, 2.05) is 50.8 Å². The molecule has 1 unspecified atom stereocenters. The van der Waals surface area contributed by atoms with Crippen LogP contribution in [-0.4, -0.2) is 49.0 Å². The maximum atomic E-state index is 12.2. The van der Waals surface area contributed by atoms with Crippen molar-refractivity contribution in [2.45, 2.75) is 19.9 Å². The molecule has 0 saturated carbocycles. The number of ether oxygens (including phenoxy) is 1. The van der Waals surface area contributed by atoms with Crippen LogP contribution in [-0.2, 0) is 23.1 Å². The van der Waals surface area contributed by atoms with Gasteiger partial charge in [0, 0.05) is 74.2 Å². The minimum absolute atomic E-state index is 0.129. The number of nitrogens with zero attached hydrogens (tertiary/aromatic N) is 6. The molecule has 0 bridgehead atoms. The van der Waals surface area contributed by atoms with E-state index in [4.69, 9.17) is 4.74 Å². The lowest BCUT2D eigenvalue weighted by molar-refractivity contribution is -0.121. The number of aryl methyl sites for hydroxylation is 1. The van der Waals surface area contributed by atoms with Crippen LogP contribution in [0.3, 0.4) is 0 Å². The molecule has 1 atom stereocenters. The van der Waals surface area contributed by atoms with Crippen LogP contribution in [0, 0.1) is 5.92 Å². The molecule has 4 rings (SSSR count). The van der Waals surface area contributed by atoms with Crippen LogP contribution >= 0.6 is 0 Å². The van der Waals surface area contributed by atoms with E-state index < -0.39 is 0 Å². The summed E-state index contributed by atoms with van der Waals surface area (Å²) in [5, 5.41) is 8.55. The predicted molar refractivity (Wildman–Crippen MR) is 122 cm³/mol. The Morgan fingerprint density at radius 2 is 1.69 bits per heavy atom. The van der Waals surface area contributed by atoms with Crippen LogP contribution in [0.15, 0.2) is 61.4 Å². The molecular weight excluding hydrogens is 404 g/mol. The molecule has 1 aromatic carbocycles. The van der Waals surface area contributed by atoms with E-state index in [0.717, 1.165) is 27.8 Å². The number of Topliss-reactive ketones (excluding diaryl/α,β-unsaturated/α-hetero) is 1. The number of carbonyl (C=O) groups is 1. The van der Waals surface area contributed by atoms with E-state index in [1.54, 1.807) is 35.1 Å². The van der Waals surface area contributed by atoms with Gasteiger partial charge >= 0.3 is 0 Å². The summed E-state index contributed by atoms with van der Waals surface area (Å²) in [5.74, 6) is 0.971. The van der Waals surface area contributed by atoms with Gasteiger partial charge in [0.25, 0.3) is 0 Å². The third kappa shape index (κ3) is 5.15. The van der Waals surface area contributed by atoms with E-state index in [2.05, 4.69) is 26.2 Å². The van der Waals surface area contributed by atoms with Crippen molar-refractivity contribution in [2.24, 2.45) is 13.0 Å². The van der Waals surface area contributed by atoms with Crippen molar-refractivity contribution in [3.8, 4) is 33.6 Å². The summed E-state index contributed by atoms with van der Waals surface area (Å²) in [6.45, 7) is 2.82. The Labute approximate surface area is 186 Å². The highest BCUT2D eigenvalue weighted by Crippen LogP contribution is 2.25. The van der Waals surface area contributed by atoms with E-state index in [1.165, 1.54) is 0 Å². The lowest BCUT2D eigenvalue weighted by atomic mass is 10.1. The second-order valence-electron chi connectivity index (χ2n) is 8.01. The average molecular weight is 431 g/mol. The molecular formula is C24H26N6O2. The first-order valence-corrected chi connectivity index (χ1v) is 10.5. The fourth-order valence-corrected chi connectivity index (χ4v) is 3.61. The van der Waals surface area contributed by atoms with Crippen LogP contribution in [0.1, 0.15) is 13.3 Å². The molecule has 4 aromatic rings. The molecule has 8 heteroatoms. The molecule has 0 fully saturated rings.